The summed E-state index contributed by atoms with van der Waals surface area (Å²) in [5.74, 6) is 0.103. The Kier molecular flexibility index (Phi) is 5.49. The van der Waals surface area contributed by atoms with Gasteiger partial charge < -0.3 is 19.8 Å². The van der Waals surface area contributed by atoms with E-state index in [9.17, 15) is 9.18 Å². The second-order valence-corrected chi connectivity index (χ2v) is 6.79. The molecular weight excluding hydrogens is 411 g/mol. The van der Waals surface area contributed by atoms with Gasteiger partial charge >= 0.3 is 5.97 Å². The van der Waals surface area contributed by atoms with E-state index in [4.69, 9.17) is 21.1 Å². The van der Waals surface area contributed by atoms with Gasteiger partial charge in [-0.05, 0) is 42.0 Å². The van der Waals surface area contributed by atoms with Crippen molar-refractivity contribution in [1.29, 1.82) is 0 Å². The van der Waals surface area contributed by atoms with Crippen LogP contribution in [0.4, 0.5) is 15.9 Å². The average molecular weight is 427 g/mol. The molecule has 2 aromatic heterocycles. The fourth-order valence-electron chi connectivity index (χ4n) is 2.90. The van der Waals surface area contributed by atoms with E-state index in [0.29, 0.717) is 44.4 Å². The molecule has 4 aromatic rings. The lowest BCUT2D eigenvalue weighted by Gasteiger charge is -2.11. The molecule has 0 fully saturated rings. The molecule has 0 unspecified atom stereocenters. The maximum absolute atomic E-state index is 13.3. The van der Waals surface area contributed by atoms with Crippen LogP contribution in [0.2, 0.25) is 5.02 Å². The predicted molar refractivity (Wildman–Crippen MR) is 111 cm³/mol. The highest BCUT2D eigenvalue weighted by atomic mass is 35.5. The maximum Gasteiger partial charge on any atom is 0.354 e. The summed E-state index contributed by atoms with van der Waals surface area (Å²) in [7, 11) is 1.31. The molecule has 0 saturated carbocycles. The number of carbonyl (C=O) groups excluding carboxylic acids is 1. The van der Waals surface area contributed by atoms with E-state index < -0.39 is 5.97 Å². The molecule has 4 rings (SSSR count). The number of aromatic nitrogens is 3. The van der Waals surface area contributed by atoms with E-state index in [1.807, 2.05) is 0 Å². The highest BCUT2D eigenvalue weighted by Gasteiger charge is 2.14. The summed E-state index contributed by atoms with van der Waals surface area (Å²) in [4.78, 5) is 14.7. The molecule has 2 heterocycles. The van der Waals surface area contributed by atoms with Gasteiger partial charge in [0.25, 0.3) is 0 Å². The molecule has 0 amide bonds. The molecule has 0 bridgehead atoms. The highest BCUT2D eigenvalue weighted by Crippen LogP contribution is 2.31. The van der Waals surface area contributed by atoms with Crippen molar-refractivity contribution in [1.82, 2.24) is 15.2 Å². The predicted octanol–water partition coefficient (Wildman–Crippen LogP) is 4.86. The lowest BCUT2D eigenvalue weighted by molar-refractivity contribution is 0.0595. The molecule has 0 saturated heterocycles. The van der Waals surface area contributed by atoms with Crippen molar-refractivity contribution >= 4 is 40.0 Å². The Morgan fingerprint density at radius 3 is 2.87 bits per heavy atom. The van der Waals surface area contributed by atoms with Crippen LogP contribution >= 0.6 is 11.6 Å². The molecule has 9 heteroatoms. The van der Waals surface area contributed by atoms with Gasteiger partial charge in [-0.1, -0.05) is 23.7 Å². The number of halogens is 2. The van der Waals surface area contributed by atoms with Crippen molar-refractivity contribution in [3.05, 3.63) is 76.8 Å². The van der Waals surface area contributed by atoms with Crippen LogP contribution in [0, 0.1) is 5.82 Å². The molecule has 0 aliphatic carbocycles. The van der Waals surface area contributed by atoms with E-state index in [1.165, 1.54) is 25.4 Å². The summed E-state index contributed by atoms with van der Waals surface area (Å²) < 4.78 is 23.7. The number of hydrogen-bond donors (Lipinski definition) is 2. The highest BCUT2D eigenvalue weighted by molar-refractivity contribution is 6.32. The van der Waals surface area contributed by atoms with E-state index in [0.717, 1.165) is 0 Å². The van der Waals surface area contributed by atoms with Gasteiger partial charge in [0.2, 0.25) is 0 Å². The number of nitrogens with zero attached hydrogens (tertiary/aromatic N) is 2. The largest absolute Gasteiger partial charge is 0.487 e. The third kappa shape index (κ3) is 4.18. The number of fused-ring (bicyclic) bond motifs is 1. The van der Waals surface area contributed by atoms with Crippen LogP contribution < -0.4 is 10.1 Å². The molecule has 0 atom stereocenters. The monoisotopic (exact) mass is 426 g/mol. The summed E-state index contributed by atoms with van der Waals surface area (Å²) in [6.45, 7) is 0.189. The van der Waals surface area contributed by atoms with Crippen molar-refractivity contribution in [2.24, 2.45) is 0 Å². The van der Waals surface area contributed by atoms with Crippen LogP contribution in [0.3, 0.4) is 0 Å². The first-order chi connectivity index (χ1) is 14.5. The van der Waals surface area contributed by atoms with E-state index in [-0.39, 0.29) is 12.4 Å². The second kappa shape index (κ2) is 8.38. The number of aromatic amines is 1. The molecule has 2 N–H and O–H groups in total. The first kappa shape index (κ1) is 19.7. The SMILES string of the molecule is COC(=O)c1cc2c(Nc3ccc(OCc4cccc(F)c4)c(Cl)c3)nncc2[nH]1. The molecule has 7 nitrogen and oxygen atoms in total. The summed E-state index contributed by atoms with van der Waals surface area (Å²) >= 11 is 6.33. The third-order valence-electron chi connectivity index (χ3n) is 4.33. The first-order valence-corrected chi connectivity index (χ1v) is 9.28. The Morgan fingerprint density at radius 1 is 1.23 bits per heavy atom. The number of H-pyrrole nitrogens is 1. The minimum atomic E-state index is -0.486. The number of methoxy groups -OCH3 is 1. The number of rotatable bonds is 6. The maximum atomic E-state index is 13.3. The molecular formula is C21H16ClFN4O3. The van der Waals surface area contributed by atoms with Gasteiger partial charge in [-0.15, -0.1) is 5.10 Å². The van der Waals surface area contributed by atoms with Crippen molar-refractivity contribution in [2.45, 2.75) is 6.61 Å². The lowest BCUT2D eigenvalue weighted by atomic mass is 10.2. The Balaban J connectivity index is 1.52. The minimum absolute atomic E-state index is 0.189. The first-order valence-electron chi connectivity index (χ1n) is 8.90. The quantitative estimate of drug-likeness (QED) is 0.428. The van der Waals surface area contributed by atoms with Crippen LogP contribution in [0.15, 0.2) is 54.7 Å². The number of benzene rings is 2. The second-order valence-electron chi connectivity index (χ2n) is 6.38. The van der Waals surface area contributed by atoms with Gasteiger partial charge in [-0.2, -0.15) is 5.10 Å². The van der Waals surface area contributed by atoms with E-state index >= 15 is 0 Å². The molecule has 0 aliphatic heterocycles. The normalized spacial score (nSPS) is 10.8. The van der Waals surface area contributed by atoms with Gasteiger partial charge in [0.1, 0.15) is 23.9 Å². The molecule has 0 spiro atoms. The number of hydrogen-bond acceptors (Lipinski definition) is 6. The number of anilines is 2. The Bertz CT molecular complexity index is 1230. The van der Waals surface area contributed by atoms with Gasteiger partial charge in [-0.25, -0.2) is 9.18 Å². The Labute approximate surface area is 175 Å². The van der Waals surface area contributed by atoms with E-state index in [2.05, 4.69) is 20.5 Å². The molecule has 2 aromatic carbocycles. The minimum Gasteiger partial charge on any atom is -0.487 e. The van der Waals surface area contributed by atoms with Gasteiger partial charge in [0.05, 0.1) is 23.8 Å². The van der Waals surface area contributed by atoms with Crippen molar-refractivity contribution in [2.75, 3.05) is 12.4 Å². The summed E-state index contributed by atoms with van der Waals surface area (Å²) in [5, 5.41) is 12.2. The van der Waals surface area contributed by atoms with Gasteiger partial charge in [0, 0.05) is 11.1 Å². The van der Waals surface area contributed by atoms with Gasteiger partial charge in [0.15, 0.2) is 5.82 Å². The van der Waals surface area contributed by atoms with Crippen molar-refractivity contribution in [3.8, 4) is 5.75 Å². The summed E-state index contributed by atoms with van der Waals surface area (Å²) in [6.07, 6.45) is 1.52. The fourth-order valence-corrected chi connectivity index (χ4v) is 3.13. The third-order valence-corrected chi connectivity index (χ3v) is 4.63. The number of ether oxygens (including phenoxy) is 2. The molecule has 30 heavy (non-hydrogen) atoms. The Hall–Kier alpha value is -3.65. The van der Waals surface area contributed by atoms with Crippen LogP contribution in [0.5, 0.6) is 5.75 Å². The standard InChI is InChI=1S/C21H16ClFN4O3/c1-29-21(28)17-9-15-18(26-17)10-24-27-20(15)25-14-5-6-19(16(22)8-14)30-11-12-3-2-4-13(23)7-12/h2-10,26H,11H2,1H3,(H,25,27). The van der Waals surface area contributed by atoms with Crippen LogP contribution in [-0.2, 0) is 11.3 Å². The Morgan fingerprint density at radius 2 is 2.10 bits per heavy atom. The molecule has 0 aliphatic rings. The zero-order chi connectivity index (χ0) is 21.1. The van der Waals surface area contributed by atoms with E-state index in [1.54, 1.807) is 36.4 Å². The van der Waals surface area contributed by atoms with Gasteiger partial charge in [-0.3, -0.25) is 0 Å². The topological polar surface area (TPSA) is 89.1 Å². The number of esters is 1. The number of nitrogens with one attached hydrogen (secondary N) is 2. The van der Waals surface area contributed by atoms with Crippen LogP contribution in [0.1, 0.15) is 16.1 Å². The zero-order valence-corrected chi connectivity index (χ0v) is 16.5. The number of carbonyl (C=O) groups is 1. The summed E-state index contributed by atoms with van der Waals surface area (Å²) in [5.41, 5.74) is 2.28. The lowest BCUT2D eigenvalue weighted by Crippen LogP contribution is -2.00. The van der Waals surface area contributed by atoms with Crippen LogP contribution in [0.25, 0.3) is 10.9 Å². The molecule has 0 radical (unpaired) electrons. The van der Waals surface area contributed by atoms with Crippen molar-refractivity contribution in [3.63, 3.8) is 0 Å². The summed E-state index contributed by atoms with van der Waals surface area (Å²) in [6, 6.07) is 13.0. The average Bonchev–Trinajstić information content (AvgIpc) is 3.18. The van der Waals surface area contributed by atoms with Crippen LogP contribution in [-0.4, -0.2) is 28.3 Å². The van der Waals surface area contributed by atoms with Crippen molar-refractivity contribution < 1.29 is 18.7 Å². The smallest absolute Gasteiger partial charge is 0.354 e. The zero-order valence-electron chi connectivity index (χ0n) is 15.8. The molecule has 152 valence electrons. The fraction of sp³-hybridized carbons (Fsp3) is 0.0952.